The zero-order chi connectivity index (χ0) is 8.65. The predicted octanol–water partition coefficient (Wildman–Crippen LogP) is 3.26. The van der Waals surface area contributed by atoms with Crippen LogP contribution in [0, 0.1) is 5.92 Å². The first kappa shape index (κ1) is 9.44. The second-order valence-electron chi connectivity index (χ2n) is 4.48. The molecule has 0 radical (unpaired) electrons. The van der Waals surface area contributed by atoms with Crippen LogP contribution in [0.3, 0.4) is 0 Å². The monoisotopic (exact) mass is 174 g/mol. The van der Waals surface area contributed by atoms with Crippen LogP contribution in [0.2, 0.25) is 0 Å². The number of hydrogen-bond donors (Lipinski definition) is 0. The van der Waals surface area contributed by atoms with E-state index in [0.717, 1.165) is 16.4 Å². The molecule has 0 aromatic rings. The molecule has 11 heavy (non-hydrogen) atoms. The van der Waals surface area contributed by atoms with Gasteiger partial charge in [-0.15, -0.1) is 0 Å². The van der Waals surface area contributed by atoms with Crippen LogP contribution in [0.1, 0.15) is 33.6 Å². The normalized spacial score (nSPS) is 39.7. The summed E-state index contributed by atoms with van der Waals surface area (Å²) < 4.78 is 0. The van der Waals surface area contributed by atoms with Crippen molar-refractivity contribution >= 4 is 10.0 Å². The highest BCUT2D eigenvalue weighted by molar-refractivity contribution is 8.39. The Morgan fingerprint density at radius 1 is 1.36 bits per heavy atom. The van der Waals surface area contributed by atoms with Crippen molar-refractivity contribution in [3.63, 3.8) is 0 Å². The maximum Gasteiger partial charge on any atom is -0.000945 e. The van der Waals surface area contributed by atoms with E-state index in [1.807, 2.05) is 0 Å². The van der Waals surface area contributed by atoms with E-state index in [1.54, 1.807) is 0 Å². The minimum absolute atomic E-state index is 0.141. The van der Waals surface area contributed by atoms with E-state index in [1.165, 1.54) is 12.8 Å². The van der Waals surface area contributed by atoms with Crippen LogP contribution in [0.25, 0.3) is 0 Å². The Morgan fingerprint density at radius 3 is 2.09 bits per heavy atom. The summed E-state index contributed by atoms with van der Waals surface area (Å²) in [6, 6.07) is 0. The van der Waals surface area contributed by atoms with Gasteiger partial charge in [-0.2, -0.15) is 0 Å². The van der Waals surface area contributed by atoms with E-state index in [0.29, 0.717) is 0 Å². The summed E-state index contributed by atoms with van der Waals surface area (Å²) >= 11 is 0. The SMILES string of the molecule is CCC(C)CC1C(C)S1(C)C. The molecule has 1 saturated heterocycles. The van der Waals surface area contributed by atoms with Crippen molar-refractivity contribution in [1.29, 1.82) is 0 Å². The van der Waals surface area contributed by atoms with E-state index >= 15 is 0 Å². The van der Waals surface area contributed by atoms with Gasteiger partial charge in [-0.1, -0.05) is 27.2 Å². The molecule has 1 heterocycles. The molecule has 1 rings (SSSR count). The first-order valence-electron chi connectivity index (χ1n) is 4.71. The third kappa shape index (κ3) is 1.74. The lowest BCUT2D eigenvalue weighted by atomic mass is 10.0. The zero-order valence-electron chi connectivity index (χ0n) is 8.55. The van der Waals surface area contributed by atoms with Crippen LogP contribution in [-0.4, -0.2) is 23.0 Å². The van der Waals surface area contributed by atoms with Gasteiger partial charge in [0.05, 0.1) is 0 Å². The molecule has 3 atom stereocenters. The Kier molecular flexibility index (Phi) is 2.58. The van der Waals surface area contributed by atoms with Crippen LogP contribution >= 0.6 is 10.0 Å². The molecule has 0 aromatic carbocycles. The third-order valence-electron chi connectivity index (χ3n) is 3.52. The molecule has 0 bridgehead atoms. The summed E-state index contributed by atoms with van der Waals surface area (Å²) in [5.41, 5.74) is 0. The summed E-state index contributed by atoms with van der Waals surface area (Å²) in [5, 5.41) is 2.15. The lowest BCUT2D eigenvalue weighted by Crippen LogP contribution is -1.99. The summed E-state index contributed by atoms with van der Waals surface area (Å²) in [6.07, 6.45) is 7.83. The van der Waals surface area contributed by atoms with Crippen molar-refractivity contribution in [1.82, 2.24) is 0 Å². The van der Waals surface area contributed by atoms with Gasteiger partial charge >= 0.3 is 0 Å². The second kappa shape index (κ2) is 3.01. The van der Waals surface area contributed by atoms with E-state index in [9.17, 15) is 0 Å². The Labute approximate surface area is 73.1 Å². The lowest BCUT2D eigenvalue weighted by Gasteiger charge is -2.11. The van der Waals surface area contributed by atoms with E-state index in [-0.39, 0.29) is 10.0 Å². The average Bonchev–Trinajstić information content (AvgIpc) is 2.39. The lowest BCUT2D eigenvalue weighted by molar-refractivity contribution is 0.519. The highest BCUT2D eigenvalue weighted by Gasteiger charge is 2.49. The molecule has 1 heteroatoms. The Hall–Kier alpha value is 0.350. The molecule has 68 valence electrons. The molecule has 1 fully saturated rings. The second-order valence-corrected chi connectivity index (χ2v) is 8.80. The fourth-order valence-corrected chi connectivity index (χ4v) is 5.02. The fourth-order valence-electron chi connectivity index (χ4n) is 1.81. The molecule has 1 aliphatic heterocycles. The summed E-state index contributed by atoms with van der Waals surface area (Å²) in [7, 11) is -0.141. The third-order valence-corrected chi connectivity index (χ3v) is 7.61. The Bertz CT molecular complexity index is 140. The van der Waals surface area contributed by atoms with Gasteiger partial charge in [-0.25, -0.2) is 10.0 Å². The molecular weight excluding hydrogens is 152 g/mol. The van der Waals surface area contributed by atoms with Gasteiger partial charge in [0.1, 0.15) is 0 Å². The first-order chi connectivity index (χ1) is 5.00. The van der Waals surface area contributed by atoms with Crippen LogP contribution < -0.4 is 0 Å². The fraction of sp³-hybridized carbons (Fsp3) is 1.00. The van der Waals surface area contributed by atoms with Crippen molar-refractivity contribution in [2.75, 3.05) is 12.5 Å². The quantitative estimate of drug-likeness (QED) is 0.576. The highest BCUT2D eigenvalue weighted by atomic mass is 32.3. The van der Waals surface area contributed by atoms with Gasteiger partial charge in [0, 0.05) is 0 Å². The van der Waals surface area contributed by atoms with Crippen LogP contribution in [-0.2, 0) is 0 Å². The van der Waals surface area contributed by atoms with Crippen LogP contribution in [0.4, 0.5) is 0 Å². The average molecular weight is 174 g/mol. The van der Waals surface area contributed by atoms with Gasteiger partial charge in [0.2, 0.25) is 0 Å². The van der Waals surface area contributed by atoms with Crippen molar-refractivity contribution < 1.29 is 0 Å². The number of rotatable bonds is 3. The Balaban J connectivity index is 2.31. The topological polar surface area (TPSA) is 0 Å². The van der Waals surface area contributed by atoms with Gasteiger partial charge in [-0.05, 0) is 35.4 Å². The van der Waals surface area contributed by atoms with E-state index in [2.05, 4.69) is 33.3 Å². The van der Waals surface area contributed by atoms with Crippen molar-refractivity contribution in [3.8, 4) is 0 Å². The molecular formula is C10H22S. The predicted molar refractivity (Wildman–Crippen MR) is 56.8 cm³/mol. The van der Waals surface area contributed by atoms with Gasteiger partial charge in [0.25, 0.3) is 0 Å². The van der Waals surface area contributed by atoms with E-state index in [4.69, 9.17) is 0 Å². The van der Waals surface area contributed by atoms with Crippen molar-refractivity contribution in [2.24, 2.45) is 5.92 Å². The van der Waals surface area contributed by atoms with Gasteiger partial charge in [0.15, 0.2) is 0 Å². The maximum absolute atomic E-state index is 2.49. The minimum atomic E-state index is -0.141. The standard InChI is InChI=1S/C10H22S/c1-6-8(2)7-10-9(3)11(10,4)5/h8-10H,6-7H2,1-5H3. The largest absolute Gasteiger partial charge is 0.239 e. The highest BCUT2D eigenvalue weighted by Crippen LogP contribution is 2.71. The number of hydrogen-bond acceptors (Lipinski definition) is 0. The zero-order valence-corrected chi connectivity index (χ0v) is 9.37. The van der Waals surface area contributed by atoms with E-state index < -0.39 is 0 Å². The molecule has 0 amide bonds. The Morgan fingerprint density at radius 2 is 1.82 bits per heavy atom. The van der Waals surface area contributed by atoms with Crippen LogP contribution in [0.5, 0.6) is 0 Å². The molecule has 0 saturated carbocycles. The molecule has 0 spiro atoms. The summed E-state index contributed by atoms with van der Waals surface area (Å²) in [4.78, 5) is 0. The molecule has 0 aromatic heterocycles. The smallest absolute Gasteiger partial charge is 0.000945 e. The molecule has 0 N–H and O–H groups in total. The van der Waals surface area contributed by atoms with Crippen LogP contribution in [0.15, 0.2) is 0 Å². The van der Waals surface area contributed by atoms with Crippen molar-refractivity contribution in [3.05, 3.63) is 0 Å². The van der Waals surface area contributed by atoms with Crippen molar-refractivity contribution in [2.45, 2.75) is 44.1 Å². The molecule has 0 nitrogen and oxygen atoms in total. The summed E-state index contributed by atoms with van der Waals surface area (Å²) in [5.74, 6) is 0.955. The molecule has 0 aliphatic carbocycles. The van der Waals surface area contributed by atoms with Gasteiger partial charge in [-0.3, -0.25) is 0 Å². The molecule has 3 unspecified atom stereocenters. The maximum atomic E-state index is 2.49. The molecule has 1 aliphatic rings. The minimum Gasteiger partial charge on any atom is -0.239 e. The first-order valence-corrected chi connectivity index (χ1v) is 7.28. The summed E-state index contributed by atoms with van der Waals surface area (Å²) in [6.45, 7) is 7.13. The van der Waals surface area contributed by atoms with Gasteiger partial charge < -0.3 is 0 Å².